The number of nitrogens with zero attached hydrogens (tertiary/aromatic N) is 3. The van der Waals surface area contributed by atoms with E-state index in [1.54, 1.807) is 32.9 Å². The average Bonchev–Trinajstić information content (AvgIpc) is 2.91. The number of carbonyl (C=O) groups is 1. The topological polar surface area (TPSA) is 92.3 Å². The maximum Gasteiger partial charge on any atom is 0.257 e. The lowest BCUT2D eigenvalue weighted by atomic mass is 10.2. The number of hydrogen-bond acceptors (Lipinski definition) is 6. The summed E-state index contributed by atoms with van der Waals surface area (Å²) in [5.74, 6) is -0.426. The molecule has 0 aliphatic heterocycles. The lowest BCUT2D eigenvalue weighted by Gasteiger charge is -2.21. The highest BCUT2D eigenvalue weighted by Crippen LogP contribution is 2.19. The van der Waals surface area contributed by atoms with Gasteiger partial charge in [0.1, 0.15) is 5.01 Å². The molecule has 0 unspecified atom stereocenters. The molecule has 1 amide bonds. The van der Waals surface area contributed by atoms with Crippen LogP contribution in [-0.2, 0) is 10.0 Å². The third-order valence-electron chi connectivity index (χ3n) is 3.25. The number of carbonyl (C=O) groups excluding carboxylic acids is 1. The predicted octanol–water partition coefficient (Wildman–Crippen LogP) is 2.13. The number of benzene rings is 1. The zero-order valence-electron chi connectivity index (χ0n) is 13.3. The van der Waals surface area contributed by atoms with Crippen LogP contribution in [0.3, 0.4) is 0 Å². The predicted molar refractivity (Wildman–Crippen MR) is 89.1 cm³/mol. The van der Waals surface area contributed by atoms with Gasteiger partial charge in [0.25, 0.3) is 5.91 Å². The Bertz CT molecular complexity index is 815. The van der Waals surface area contributed by atoms with E-state index in [0.717, 1.165) is 5.01 Å². The van der Waals surface area contributed by atoms with Crippen LogP contribution in [0.15, 0.2) is 29.2 Å². The molecule has 0 radical (unpaired) electrons. The Kier molecular flexibility index (Phi) is 5.12. The molecular formula is C14H18N4O3S2. The van der Waals surface area contributed by atoms with Crippen molar-refractivity contribution in [2.24, 2.45) is 0 Å². The number of aromatic nitrogens is 2. The van der Waals surface area contributed by atoms with Gasteiger partial charge in [-0.15, -0.1) is 10.2 Å². The lowest BCUT2D eigenvalue weighted by Crippen LogP contribution is -2.33. The molecule has 0 saturated carbocycles. The third-order valence-corrected chi connectivity index (χ3v) is 6.03. The molecule has 1 N–H and O–H groups in total. The Morgan fingerprint density at radius 1 is 1.30 bits per heavy atom. The molecule has 1 aromatic carbocycles. The first kappa shape index (κ1) is 17.5. The van der Waals surface area contributed by atoms with Crippen molar-refractivity contribution < 1.29 is 13.2 Å². The molecule has 0 aliphatic carbocycles. The van der Waals surface area contributed by atoms with E-state index in [2.05, 4.69) is 15.5 Å². The summed E-state index contributed by atoms with van der Waals surface area (Å²) >= 11 is 1.25. The lowest BCUT2D eigenvalue weighted by molar-refractivity contribution is 0.102. The van der Waals surface area contributed by atoms with Gasteiger partial charge < -0.3 is 0 Å². The molecule has 0 spiro atoms. The van der Waals surface area contributed by atoms with Crippen molar-refractivity contribution in [2.45, 2.75) is 31.7 Å². The molecule has 2 rings (SSSR count). The molecule has 0 aliphatic rings. The number of anilines is 1. The van der Waals surface area contributed by atoms with Crippen molar-refractivity contribution in [3.63, 3.8) is 0 Å². The molecule has 1 aromatic heterocycles. The number of nitrogens with one attached hydrogen (secondary N) is 1. The van der Waals surface area contributed by atoms with Gasteiger partial charge in [0, 0.05) is 18.7 Å². The third kappa shape index (κ3) is 3.92. The van der Waals surface area contributed by atoms with Crippen LogP contribution < -0.4 is 5.32 Å². The Balaban J connectivity index is 2.27. The summed E-state index contributed by atoms with van der Waals surface area (Å²) in [6.45, 7) is 5.35. The smallest absolute Gasteiger partial charge is 0.257 e. The quantitative estimate of drug-likeness (QED) is 0.888. The molecule has 0 atom stereocenters. The second-order valence-electron chi connectivity index (χ2n) is 5.22. The van der Waals surface area contributed by atoms with Gasteiger partial charge in [-0.2, -0.15) is 4.31 Å². The molecule has 124 valence electrons. The van der Waals surface area contributed by atoms with E-state index < -0.39 is 15.9 Å². The van der Waals surface area contributed by atoms with Crippen LogP contribution in [0.5, 0.6) is 0 Å². The largest absolute Gasteiger partial charge is 0.296 e. The standard InChI is InChI=1S/C14H18N4O3S2/c1-9(2)18(4)23(20,21)12-7-5-6-11(8-12)13(19)15-14-17-16-10(3)22-14/h5-9H,1-4H3,(H,15,17,19). The summed E-state index contributed by atoms with van der Waals surface area (Å²) in [6, 6.07) is 5.75. The Morgan fingerprint density at radius 2 is 2.00 bits per heavy atom. The van der Waals surface area contributed by atoms with Crippen LogP contribution in [0, 0.1) is 6.92 Å². The molecule has 23 heavy (non-hydrogen) atoms. The highest BCUT2D eigenvalue weighted by Gasteiger charge is 2.24. The summed E-state index contributed by atoms with van der Waals surface area (Å²) in [5.41, 5.74) is 0.246. The maximum atomic E-state index is 12.5. The molecule has 7 nitrogen and oxygen atoms in total. The van der Waals surface area contributed by atoms with E-state index in [-0.39, 0.29) is 16.5 Å². The zero-order chi connectivity index (χ0) is 17.2. The minimum Gasteiger partial charge on any atom is -0.296 e. The monoisotopic (exact) mass is 354 g/mol. The van der Waals surface area contributed by atoms with E-state index in [1.165, 1.54) is 34.8 Å². The number of hydrogen-bond donors (Lipinski definition) is 1. The first-order chi connectivity index (χ1) is 10.7. The Labute approximate surface area is 139 Å². The van der Waals surface area contributed by atoms with Crippen LogP contribution in [-0.4, -0.2) is 41.9 Å². The van der Waals surface area contributed by atoms with E-state index in [0.29, 0.717) is 5.13 Å². The van der Waals surface area contributed by atoms with E-state index >= 15 is 0 Å². The fourth-order valence-corrected chi connectivity index (χ4v) is 3.76. The second kappa shape index (κ2) is 6.73. The molecule has 9 heteroatoms. The SMILES string of the molecule is Cc1nnc(NC(=O)c2cccc(S(=O)(=O)N(C)C(C)C)c2)s1. The first-order valence-electron chi connectivity index (χ1n) is 6.91. The van der Waals surface area contributed by atoms with Crippen LogP contribution in [0.4, 0.5) is 5.13 Å². The minimum atomic E-state index is -3.64. The summed E-state index contributed by atoms with van der Waals surface area (Å²) in [7, 11) is -2.12. The molecule has 0 fully saturated rings. The van der Waals surface area contributed by atoms with Crippen LogP contribution in [0.2, 0.25) is 0 Å². The summed E-state index contributed by atoms with van der Waals surface area (Å²) in [5, 5.41) is 11.3. The van der Waals surface area contributed by atoms with Gasteiger partial charge in [-0.3, -0.25) is 10.1 Å². The fourth-order valence-electron chi connectivity index (χ4n) is 1.76. The molecular weight excluding hydrogens is 336 g/mol. The zero-order valence-corrected chi connectivity index (χ0v) is 14.9. The van der Waals surface area contributed by atoms with Gasteiger partial charge >= 0.3 is 0 Å². The Hall–Kier alpha value is -1.84. The van der Waals surface area contributed by atoms with Crippen LogP contribution in [0.1, 0.15) is 29.2 Å². The number of rotatable bonds is 5. The highest BCUT2D eigenvalue weighted by molar-refractivity contribution is 7.89. The number of aryl methyl sites for hydroxylation is 1. The molecule has 0 saturated heterocycles. The van der Waals surface area contributed by atoms with E-state index in [4.69, 9.17) is 0 Å². The Morgan fingerprint density at radius 3 is 2.57 bits per heavy atom. The minimum absolute atomic E-state index is 0.0785. The molecule has 0 bridgehead atoms. The normalized spacial score (nSPS) is 11.9. The summed E-state index contributed by atoms with van der Waals surface area (Å²) in [4.78, 5) is 12.3. The van der Waals surface area contributed by atoms with Gasteiger partial charge in [-0.25, -0.2) is 8.42 Å². The highest BCUT2D eigenvalue weighted by atomic mass is 32.2. The average molecular weight is 354 g/mol. The van der Waals surface area contributed by atoms with Crippen molar-refractivity contribution in [1.29, 1.82) is 0 Å². The summed E-state index contributed by atoms with van der Waals surface area (Å²) in [6.07, 6.45) is 0. The second-order valence-corrected chi connectivity index (χ2v) is 8.40. The van der Waals surface area contributed by atoms with E-state index in [9.17, 15) is 13.2 Å². The van der Waals surface area contributed by atoms with Crippen LogP contribution in [0.25, 0.3) is 0 Å². The molecule has 1 heterocycles. The molecule has 2 aromatic rings. The van der Waals surface area contributed by atoms with E-state index in [1.807, 2.05) is 0 Å². The first-order valence-corrected chi connectivity index (χ1v) is 9.17. The van der Waals surface area contributed by atoms with Gasteiger partial charge in [-0.1, -0.05) is 17.4 Å². The van der Waals surface area contributed by atoms with Crippen molar-refractivity contribution in [1.82, 2.24) is 14.5 Å². The number of sulfonamides is 1. The van der Waals surface area contributed by atoms with Gasteiger partial charge in [0.15, 0.2) is 0 Å². The number of amides is 1. The van der Waals surface area contributed by atoms with Gasteiger partial charge in [-0.05, 0) is 39.0 Å². The van der Waals surface area contributed by atoms with Crippen molar-refractivity contribution in [3.8, 4) is 0 Å². The fraction of sp³-hybridized carbons (Fsp3) is 0.357. The van der Waals surface area contributed by atoms with Crippen LogP contribution >= 0.6 is 11.3 Å². The van der Waals surface area contributed by atoms with Crippen molar-refractivity contribution in [3.05, 3.63) is 34.8 Å². The van der Waals surface area contributed by atoms with Gasteiger partial charge in [0.05, 0.1) is 4.90 Å². The van der Waals surface area contributed by atoms with Crippen molar-refractivity contribution >= 4 is 32.4 Å². The maximum absolute atomic E-state index is 12.5. The summed E-state index contributed by atoms with van der Waals surface area (Å²) < 4.78 is 26.2. The van der Waals surface area contributed by atoms with Crippen molar-refractivity contribution in [2.75, 3.05) is 12.4 Å². The van der Waals surface area contributed by atoms with Gasteiger partial charge in [0.2, 0.25) is 15.2 Å².